The van der Waals surface area contributed by atoms with Gasteiger partial charge in [0.2, 0.25) is 11.1 Å². The molecule has 40 heavy (non-hydrogen) atoms. The molecule has 8 nitrogen and oxygen atoms in total. The first-order valence-electron chi connectivity index (χ1n) is 13.4. The van der Waals surface area contributed by atoms with Crippen LogP contribution in [0.15, 0.2) is 89.2 Å². The molecular formula is C31H33N5O3S. The molecule has 0 spiro atoms. The minimum atomic E-state index is -0.517. The third kappa shape index (κ3) is 5.99. The maximum Gasteiger partial charge on any atom is 0.255 e. The standard InChI is InChI=1S/C31H33N5O3S/c1-5-38-26-13-8-7-12-25(26)33-29(37)27-21(4)32-30-34-31(40-6-2)35-36(30)28(27)23-10-9-11-24(18-23)39-19-22-16-14-20(3)15-17-22/h7-18,28H,5-6,19H2,1-4H3,(H,33,37)(H,32,34,35). The molecule has 0 bridgehead atoms. The van der Waals surface area contributed by atoms with Gasteiger partial charge < -0.3 is 20.1 Å². The summed E-state index contributed by atoms with van der Waals surface area (Å²) in [6.45, 7) is 8.86. The van der Waals surface area contributed by atoms with E-state index in [-0.39, 0.29) is 5.91 Å². The average molecular weight is 556 g/mol. The lowest BCUT2D eigenvalue weighted by molar-refractivity contribution is -0.113. The van der Waals surface area contributed by atoms with Crippen LogP contribution in [0.3, 0.4) is 0 Å². The number of aryl methyl sites for hydroxylation is 1. The lowest BCUT2D eigenvalue weighted by Crippen LogP contribution is -2.31. The minimum Gasteiger partial charge on any atom is -0.492 e. The van der Waals surface area contributed by atoms with Gasteiger partial charge in [-0.3, -0.25) is 4.79 Å². The van der Waals surface area contributed by atoms with Crippen molar-refractivity contribution in [2.45, 2.75) is 45.5 Å². The molecule has 1 atom stereocenters. The maximum atomic E-state index is 13.9. The highest BCUT2D eigenvalue weighted by Gasteiger charge is 2.35. The van der Waals surface area contributed by atoms with Crippen molar-refractivity contribution < 1.29 is 14.3 Å². The van der Waals surface area contributed by atoms with Gasteiger partial charge in [-0.2, -0.15) is 4.98 Å². The van der Waals surface area contributed by atoms with Crippen LogP contribution in [0.4, 0.5) is 11.6 Å². The molecule has 1 amide bonds. The smallest absolute Gasteiger partial charge is 0.255 e. The van der Waals surface area contributed by atoms with Crippen molar-refractivity contribution in [2.75, 3.05) is 23.0 Å². The van der Waals surface area contributed by atoms with Crippen LogP contribution in [0.25, 0.3) is 0 Å². The molecule has 2 heterocycles. The Morgan fingerprint density at radius 1 is 1.02 bits per heavy atom. The molecule has 3 aromatic carbocycles. The zero-order chi connectivity index (χ0) is 28.1. The fourth-order valence-corrected chi connectivity index (χ4v) is 5.15. The van der Waals surface area contributed by atoms with Gasteiger partial charge in [0.1, 0.15) is 24.1 Å². The number of anilines is 2. The number of nitrogens with zero attached hydrogens (tertiary/aromatic N) is 3. The van der Waals surface area contributed by atoms with Gasteiger partial charge in [-0.25, -0.2) is 4.68 Å². The van der Waals surface area contributed by atoms with Crippen LogP contribution in [0, 0.1) is 6.92 Å². The van der Waals surface area contributed by atoms with Gasteiger partial charge in [0.25, 0.3) is 5.91 Å². The Labute approximate surface area is 238 Å². The van der Waals surface area contributed by atoms with Gasteiger partial charge in [-0.15, -0.1) is 5.10 Å². The zero-order valence-electron chi connectivity index (χ0n) is 23.1. The highest BCUT2D eigenvalue weighted by atomic mass is 32.2. The SMILES string of the molecule is CCOc1ccccc1NC(=O)C1=C(C)Nc2nc(SCC)nn2C1c1cccc(OCc2ccc(C)cc2)c1. The highest BCUT2D eigenvalue weighted by Crippen LogP contribution is 2.38. The van der Waals surface area contributed by atoms with Gasteiger partial charge in [-0.05, 0) is 61.9 Å². The van der Waals surface area contributed by atoms with E-state index in [0.29, 0.717) is 52.8 Å². The van der Waals surface area contributed by atoms with E-state index in [1.54, 1.807) is 16.4 Å². The highest BCUT2D eigenvalue weighted by molar-refractivity contribution is 7.99. The molecule has 206 valence electrons. The van der Waals surface area contributed by atoms with Gasteiger partial charge in [-0.1, -0.05) is 72.8 Å². The number of aromatic nitrogens is 3. The monoisotopic (exact) mass is 555 g/mol. The fraction of sp³-hybridized carbons (Fsp3) is 0.258. The second-order valence-electron chi connectivity index (χ2n) is 9.39. The number of thioether (sulfide) groups is 1. The van der Waals surface area contributed by atoms with Gasteiger partial charge >= 0.3 is 0 Å². The number of hydrogen-bond acceptors (Lipinski definition) is 7. The number of fused-ring (bicyclic) bond motifs is 1. The topological polar surface area (TPSA) is 90.3 Å². The molecule has 0 saturated carbocycles. The molecule has 4 aromatic rings. The summed E-state index contributed by atoms with van der Waals surface area (Å²) < 4.78 is 13.7. The number of para-hydroxylation sites is 2. The fourth-order valence-electron chi connectivity index (χ4n) is 4.59. The van der Waals surface area contributed by atoms with Crippen molar-refractivity contribution in [3.8, 4) is 11.5 Å². The predicted molar refractivity (Wildman–Crippen MR) is 159 cm³/mol. The van der Waals surface area contributed by atoms with Crippen molar-refractivity contribution in [1.82, 2.24) is 14.8 Å². The molecule has 2 N–H and O–H groups in total. The summed E-state index contributed by atoms with van der Waals surface area (Å²) in [5, 5.41) is 11.8. The minimum absolute atomic E-state index is 0.251. The van der Waals surface area contributed by atoms with Gasteiger partial charge in [0.05, 0.1) is 17.9 Å². The Morgan fingerprint density at radius 3 is 2.60 bits per heavy atom. The Kier molecular flexibility index (Phi) is 8.40. The zero-order valence-corrected chi connectivity index (χ0v) is 23.9. The molecular weight excluding hydrogens is 522 g/mol. The third-order valence-electron chi connectivity index (χ3n) is 6.49. The Bertz CT molecular complexity index is 1530. The van der Waals surface area contributed by atoms with E-state index in [0.717, 1.165) is 16.9 Å². The summed E-state index contributed by atoms with van der Waals surface area (Å²) in [5.41, 5.74) is 5.00. The Morgan fingerprint density at radius 2 is 1.82 bits per heavy atom. The van der Waals surface area contributed by atoms with E-state index in [9.17, 15) is 4.79 Å². The average Bonchev–Trinajstić information content (AvgIpc) is 3.35. The number of nitrogens with one attached hydrogen (secondary N) is 2. The molecule has 1 aliphatic rings. The van der Waals surface area contributed by atoms with E-state index in [1.807, 2.05) is 62.4 Å². The summed E-state index contributed by atoms with van der Waals surface area (Å²) in [6, 6.07) is 23.0. The van der Waals surface area contributed by atoms with Gasteiger partial charge in [0.15, 0.2) is 0 Å². The van der Waals surface area contributed by atoms with Crippen LogP contribution in [0.1, 0.15) is 43.5 Å². The lowest BCUT2D eigenvalue weighted by atomic mass is 9.94. The number of carbonyl (C=O) groups is 1. The quantitative estimate of drug-likeness (QED) is 0.213. The number of amides is 1. The van der Waals surface area contributed by atoms with E-state index in [2.05, 4.69) is 53.7 Å². The van der Waals surface area contributed by atoms with Crippen LogP contribution in [-0.2, 0) is 11.4 Å². The van der Waals surface area contributed by atoms with Crippen LogP contribution in [0.5, 0.6) is 11.5 Å². The lowest BCUT2D eigenvalue weighted by Gasteiger charge is -2.29. The normalized spacial score (nSPS) is 14.3. The molecule has 1 aromatic heterocycles. The first kappa shape index (κ1) is 27.3. The molecule has 0 aliphatic carbocycles. The number of allylic oxidation sites excluding steroid dienone is 1. The molecule has 0 saturated heterocycles. The summed E-state index contributed by atoms with van der Waals surface area (Å²) in [4.78, 5) is 18.6. The second-order valence-corrected chi connectivity index (χ2v) is 10.6. The van der Waals surface area contributed by atoms with Crippen LogP contribution in [0.2, 0.25) is 0 Å². The van der Waals surface area contributed by atoms with Crippen LogP contribution < -0.4 is 20.1 Å². The number of hydrogen-bond donors (Lipinski definition) is 2. The van der Waals surface area contributed by atoms with Crippen molar-refractivity contribution in [2.24, 2.45) is 0 Å². The van der Waals surface area contributed by atoms with Crippen molar-refractivity contribution in [3.05, 3.63) is 101 Å². The summed E-state index contributed by atoms with van der Waals surface area (Å²) in [6.07, 6.45) is 0. The Balaban J connectivity index is 1.50. The molecule has 0 radical (unpaired) electrons. The molecule has 1 aliphatic heterocycles. The number of rotatable bonds is 10. The predicted octanol–water partition coefficient (Wildman–Crippen LogP) is 6.60. The first-order chi connectivity index (χ1) is 19.5. The van der Waals surface area contributed by atoms with E-state index < -0.39 is 6.04 Å². The molecule has 9 heteroatoms. The van der Waals surface area contributed by atoms with Crippen molar-refractivity contribution in [1.29, 1.82) is 0 Å². The number of ether oxygens (including phenoxy) is 2. The molecule has 1 unspecified atom stereocenters. The summed E-state index contributed by atoms with van der Waals surface area (Å²) in [7, 11) is 0. The largest absolute Gasteiger partial charge is 0.492 e. The Hall–Kier alpha value is -4.24. The van der Waals surface area contributed by atoms with Crippen molar-refractivity contribution >= 4 is 29.3 Å². The maximum absolute atomic E-state index is 13.9. The van der Waals surface area contributed by atoms with E-state index in [4.69, 9.17) is 14.6 Å². The molecule has 0 fully saturated rings. The first-order valence-corrected chi connectivity index (χ1v) is 14.3. The number of benzene rings is 3. The van der Waals surface area contributed by atoms with Crippen molar-refractivity contribution in [3.63, 3.8) is 0 Å². The second kappa shape index (κ2) is 12.3. The van der Waals surface area contributed by atoms with Crippen LogP contribution in [-0.4, -0.2) is 33.0 Å². The van der Waals surface area contributed by atoms with Gasteiger partial charge in [0, 0.05) is 5.70 Å². The third-order valence-corrected chi connectivity index (χ3v) is 7.21. The summed E-state index contributed by atoms with van der Waals surface area (Å²) >= 11 is 1.55. The number of carbonyl (C=O) groups excluding carboxylic acids is 1. The summed E-state index contributed by atoms with van der Waals surface area (Å²) in [5.74, 6) is 2.51. The van der Waals surface area contributed by atoms with E-state index in [1.165, 1.54) is 5.56 Å². The van der Waals surface area contributed by atoms with Crippen LogP contribution >= 0.6 is 11.8 Å². The molecule has 5 rings (SSSR count). The van der Waals surface area contributed by atoms with E-state index >= 15 is 0 Å².